The van der Waals surface area contributed by atoms with Gasteiger partial charge in [0, 0.05) is 28.9 Å². The number of carbonyl (C=O) groups is 3. The largest absolute Gasteiger partial charge is 0.454 e. The Labute approximate surface area is 179 Å². The molecule has 2 aromatic carbocycles. The van der Waals surface area contributed by atoms with Crippen LogP contribution >= 0.6 is 11.8 Å². The molecule has 0 fully saturated rings. The number of benzene rings is 2. The number of carbonyl (C=O) groups excluding carboxylic acids is 3. The van der Waals surface area contributed by atoms with E-state index >= 15 is 0 Å². The van der Waals surface area contributed by atoms with Gasteiger partial charge in [0.15, 0.2) is 0 Å². The van der Waals surface area contributed by atoms with Crippen molar-refractivity contribution in [1.29, 1.82) is 0 Å². The van der Waals surface area contributed by atoms with E-state index in [9.17, 15) is 19.5 Å². The van der Waals surface area contributed by atoms with Crippen molar-refractivity contribution in [3.63, 3.8) is 0 Å². The van der Waals surface area contributed by atoms with Gasteiger partial charge in [-0.1, -0.05) is 50.2 Å². The number of hydrogen-bond donors (Lipinski definition) is 2. The molecule has 1 aliphatic carbocycles. The lowest BCUT2D eigenvalue weighted by Gasteiger charge is -2.34. The Kier molecular flexibility index (Phi) is 4.98. The predicted molar refractivity (Wildman–Crippen MR) is 114 cm³/mol. The minimum atomic E-state index is -2.13. The molecular formula is C23H23NO5S. The fourth-order valence-electron chi connectivity index (χ4n) is 4.18. The van der Waals surface area contributed by atoms with Gasteiger partial charge in [-0.2, -0.15) is 11.8 Å². The number of rotatable bonds is 6. The van der Waals surface area contributed by atoms with Crippen LogP contribution in [-0.2, 0) is 20.9 Å². The Morgan fingerprint density at radius 2 is 1.90 bits per heavy atom. The molecule has 30 heavy (non-hydrogen) atoms. The number of ketones is 2. The fourth-order valence-corrected chi connectivity index (χ4v) is 4.57. The Balaban J connectivity index is 1.87. The highest BCUT2D eigenvalue weighted by molar-refractivity contribution is 7.98. The SMILES string of the molecule is CSCCC(=O)C(=O)NC12C(=O)c3ccccc3C1(O)Oc1cc(C(C)C)ccc12. The van der Waals surface area contributed by atoms with E-state index in [0.29, 0.717) is 17.1 Å². The summed E-state index contributed by atoms with van der Waals surface area (Å²) in [5.74, 6) is -3.16. The van der Waals surface area contributed by atoms with Gasteiger partial charge in [-0.25, -0.2) is 0 Å². The Hall–Kier alpha value is -2.64. The van der Waals surface area contributed by atoms with E-state index in [1.54, 1.807) is 36.4 Å². The standard InChI is InChI=1S/C23H23NO5S/c1-13(2)14-8-9-17-19(12-14)29-23(28)16-7-5-4-6-15(16)20(26)22(17,23)24-21(27)18(25)10-11-30-3/h4-9,12-13,28H,10-11H2,1-3H3,(H,24,27). The van der Waals surface area contributed by atoms with Crippen molar-refractivity contribution >= 4 is 29.2 Å². The number of thioether (sulfide) groups is 1. The number of ether oxygens (including phenoxy) is 1. The van der Waals surface area contributed by atoms with Crippen LogP contribution in [-0.4, -0.2) is 34.6 Å². The molecule has 2 aromatic rings. The third kappa shape index (κ3) is 2.72. The van der Waals surface area contributed by atoms with Crippen molar-refractivity contribution in [2.45, 2.75) is 37.5 Å². The maximum atomic E-state index is 13.6. The summed E-state index contributed by atoms with van der Waals surface area (Å²) < 4.78 is 5.98. The van der Waals surface area contributed by atoms with Crippen LogP contribution in [0.15, 0.2) is 42.5 Å². The molecule has 0 spiro atoms. The Morgan fingerprint density at radius 1 is 1.17 bits per heavy atom. The van der Waals surface area contributed by atoms with E-state index < -0.39 is 28.8 Å². The van der Waals surface area contributed by atoms with Gasteiger partial charge < -0.3 is 15.2 Å². The third-order valence-corrected chi connectivity index (χ3v) is 6.42. The van der Waals surface area contributed by atoms with Crippen LogP contribution in [0.1, 0.15) is 53.2 Å². The van der Waals surface area contributed by atoms with E-state index in [0.717, 1.165) is 5.56 Å². The molecule has 1 amide bonds. The molecule has 0 saturated carbocycles. The molecule has 0 saturated heterocycles. The number of Topliss-reactive ketones (excluding diaryl/α,β-unsaturated/α-hetero) is 2. The summed E-state index contributed by atoms with van der Waals surface area (Å²) in [6, 6.07) is 11.9. The third-order valence-electron chi connectivity index (χ3n) is 5.81. The molecule has 156 valence electrons. The van der Waals surface area contributed by atoms with Gasteiger partial charge in [0.2, 0.25) is 17.1 Å². The molecule has 2 N–H and O–H groups in total. The monoisotopic (exact) mass is 425 g/mol. The fraction of sp³-hybridized carbons (Fsp3) is 0.348. The van der Waals surface area contributed by atoms with Gasteiger partial charge in [0.05, 0.1) is 0 Å². The van der Waals surface area contributed by atoms with Crippen molar-refractivity contribution in [2.24, 2.45) is 0 Å². The van der Waals surface area contributed by atoms with Crippen molar-refractivity contribution in [3.05, 3.63) is 64.7 Å². The molecule has 1 aliphatic heterocycles. The van der Waals surface area contributed by atoms with Gasteiger partial charge in [0.25, 0.3) is 11.7 Å². The minimum Gasteiger partial charge on any atom is -0.454 e. The molecule has 2 aliphatic rings. The number of hydrogen-bond acceptors (Lipinski definition) is 6. The summed E-state index contributed by atoms with van der Waals surface area (Å²) in [5.41, 5.74) is -0.0602. The molecule has 2 atom stereocenters. The van der Waals surface area contributed by atoms with E-state index in [1.165, 1.54) is 11.8 Å². The molecular weight excluding hydrogens is 402 g/mol. The van der Waals surface area contributed by atoms with Crippen molar-refractivity contribution in [1.82, 2.24) is 5.32 Å². The highest BCUT2D eigenvalue weighted by Gasteiger charge is 2.71. The Morgan fingerprint density at radius 3 is 2.60 bits per heavy atom. The maximum absolute atomic E-state index is 13.6. The first-order valence-corrected chi connectivity index (χ1v) is 11.2. The minimum absolute atomic E-state index is 0.0443. The quantitative estimate of drug-likeness (QED) is 0.692. The average molecular weight is 426 g/mol. The lowest BCUT2D eigenvalue weighted by Crippen LogP contribution is -2.61. The predicted octanol–water partition coefficient (Wildman–Crippen LogP) is 2.88. The maximum Gasteiger partial charge on any atom is 0.288 e. The highest BCUT2D eigenvalue weighted by Crippen LogP contribution is 2.58. The van der Waals surface area contributed by atoms with Crippen LogP contribution in [0.3, 0.4) is 0 Å². The smallest absolute Gasteiger partial charge is 0.288 e. The second-order valence-electron chi connectivity index (χ2n) is 7.90. The highest BCUT2D eigenvalue weighted by atomic mass is 32.2. The van der Waals surface area contributed by atoms with E-state index in [-0.39, 0.29) is 23.5 Å². The van der Waals surface area contributed by atoms with Crippen LogP contribution in [0.25, 0.3) is 0 Å². The summed E-state index contributed by atoms with van der Waals surface area (Å²) in [6.07, 6.45) is 1.88. The zero-order chi connectivity index (χ0) is 21.7. The summed E-state index contributed by atoms with van der Waals surface area (Å²) in [6.45, 7) is 4.04. The molecule has 6 nitrogen and oxygen atoms in total. The number of fused-ring (bicyclic) bond motifs is 5. The average Bonchev–Trinajstić information content (AvgIpc) is 3.09. The second kappa shape index (κ2) is 7.25. The first-order chi connectivity index (χ1) is 14.3. The first kappa shape index (κ1) is 20.6. The van der Waals surface area contributed by atoms with Crippen LogP contribution in [0.5, 0.6) is 5.75 Å². The lowest BCUT2D eigenvalue weighted by atomic mass is 9.82. The van der Waals surface area contributed by atoms with Gasteiger partial charge in [-0.05, 0) is 23.8 Å². The zero-order valence-corrected chi connectivity index (χ0v) is 17.8. The molecule has 0 aromatic heterocycles. The van der Waals surface area contributed by atoms with Crippen molar-refractivity contribution < 1.29 is 24.2 Å². The molecule has 0 bridgehead atoms. The van der Waals surface area contributed by atoms with Crippen LogP contribution < -0.4 is 10.1 Å². The van der Waals surface area contributed by atoms with Gasteiger partial charge in [-0.15, -0.1) is 0 Å². The molecule has 4 rings (SSSR count). The van der Waals surface area contributed by atoms with Crippen LogP contribution in [0.2, 0.25) is 0 Å². The van der Waals surface area contributed by atoms with Crippen molar-refractivity contribution in [3.8, 4) is 5.75 Å². The molecule has 7 heteroatoms. The summed E-state index contributed by atoms with van der Waals surface area (Å²) >= 11 is 1.45. The summed E-state index contributed by atoms with van der Waals surface area (Å²) in [5, 5.41) is 14.3. The summed E-state index contributed by atoms with van der Waals surface area (Å²) in [4.78, 5) is 38.7. The zero-order valence-electron chi connectivity index (χ0n) is 17.0. The molecule has 0 radical (unpaired) electrons. The summed E-state index contributed by atoms with van der Waals surface area (Å²) in [7, 11) is 0. The van der Waals surface area contributed by atoms with Gasteiger partial charge >= 0.3 is 0 Å². The Bertz CT molecular complexity index is 1070. The van der Waals surface area contributed by atoms with E-state index in [1.807, 2.05) is 26.2 Å². The second-order valence-corrected chi connectivity index (χ2v) is 8.89. The van der Waals surface area contributed by atoms with E-state index in [2.05, 4.69) is 5.32 Å². The van der Waals surface area contributed by atoms with Crippen LogP contribution in [0.4, 0.5) is 0 Å². The first-order valence-electron chi connectivity index (χ1n) is 9.80. The number of nitrogens with one attached hydrogen (secondary N) is 1. The lowest BCUT2D eigenvalue weighted by molar-refractivity contribution is -0.176. The number of amides is 1. The van der Waals surface area contributed by atoms with Crippen molar-refractivity contribution in [2.75, 3.05) is 12.0 Å². The van der Waals surface area contributed by atoms with Gasteiger partial charge in [-0.3, -0.25) is 14.4 Å². The normalized spacial score (nSPS) is 23.6. The molecule has 1 heterocycles. The molecule has 2 unspecified atom stereocenters. The van der Waals surface area contributed by atoms with E-state index in [4.69, 9.17) is 4.74 Å². The topological polar surface area (TPSA) is 92.7 Å². The van der Waals surface area contributed by atoms with Crippen LogP contribution in [0, 0.1) is 0 Å². The number of aliphatic hydroxyl groups is 1. The van der Waals surface area contributed by atoms with Gasteiger partial charge in [0.1, 0.15) is 5.75 Å².